The fraction of sp³-hybridized carbons (Fsp3) is 0.333. The van der Waals surface area contributed by atoms with E-state index in [-0.39, 0.29) is 0 Å². The Labute approximate surface area is 75.9 Å². The fourth-order valence-corrected chi connectivity index (χ4v) is 1.38. The molecule has 1 N–H and O–H groups in total. The molecule has 2 heteroatoms. The summed E-state index contributed by atoms with van der Waals surface area (Å²) in [5.41, 5.74) is 2.59. The topological polar surface area (TPSA) is 12.0 Å². The molecule has 0 bridgehead atoms. The SMILES string of the molecule is CNCc1ccc(C)c(Br)c1. The number of rotatable bonds is 2. The number of aryl methyl sites for hydroxylation is 1. The Kier molecular flexibility index (Phi) is 3.09. The van der Waals surface area contributed by atoms with Gasteiger partial charge in [-0.05, 0) is 31.2 Å². The predicted molar refractivity (Wildman–Crippen MR) is 51.6 cm³/mol. The second kappa shape index (κ2) is 3.88. The Bertz CT molecular complexity index is 245. The molecule has 0 aliphatic heterocycles. The van der Waals surface area contributed by atoms with Crippen molar-refractivity contribution in [1.82, 2.24) is 5.32 Å². The van der Waals surface area contributed by atoms with Gasteiger partial charge in [0.25, 0.3) is 0 Å². The summed E-state index contributed by atoms with van der Waals surface area (Å²) < 4.78 is 1.19. The summed E-state index contributed by atoms with van der Waals surface area (Å²) in [6.07, 6.45) is 0. The number of nitrogens with one attached hydrogen (secondary N) is 1. The molecule has 0 atom stereocenters. The standard InChI is InChI=1S/C9H12BrN/c1-7-3-4-8(6-11-2)5-9(7)10/h3-5,11H,6H2,1-2H3. The van der Waals surface area contributed by atoms with Gasteiger partial charge in [0.05, 0.1) is 0 Å². The summed E-state index contributed by atoms with van der Waals surface area (Å²) in [5, 5.41) is 3.11. The van der Waals surface area contributed by atoms with E-state index in [1.54, 1.807) is 0 Å². The van der Waals surface area contributed by atoms with Gasteiger partial charge in [0.1, 0.15) is 0 Å². The molecule has 0 aliphatic carbocycles. The molecular weight excluding hydrogens is 202 g/mol. The third-order valence-corrected chi connectivity index (χ3v) is 2.47. The average molecular weight is 214 g/mol. The molecule has 0 saturated carbocycles. The third-order valence-electron chi connectivity index (χ3n) is 1.62. The average Bonchev–Trinajstić information content (AvgIpc) is 1.98. The van der Waals surface area contributed by atoms with Gasteiger partial charge in [0, 0.05) is 11.0 Å². The summed E-state index contributed by atoms with van der Waals surface area (Å²) in [7, 11) is 1.95. The van der Waals surface area contributed by atoms with E-state index in [9.17, 15) is 0 Å². The van der Waals surface area contributed by atoms with Crippen LogP contribution in [0.25, 0.3) is 0 Å². The van der Waals surface area contributed by atoms with Crippen LogP contribution in [0.5, 0.6) is 0 Å². The van der Waals surface area contributed by atoms with Gasteiger partial charge in [-0.1, -0.05) is 28.1 Å². The van der Waals surface area contributed by atoms with Crippen molar-refractivity contribution >= 4 is 15.9 Å². The highest BCUT2D eigenvalue weighted by Crippen LogP contribution is 2.17. The Morgan fingerprint density at radius 1 is 1.45 bits per heavy atom. The van der Waals surface area contributed by atoms with E-state index in [1.807, 2.05) is 7.05 Å². The lowest BCUT2D eigenvalue weighted by molar-refractivity contribution is 0.817. The van der Waals surface area contributed by atoms with Crippen LogP contribution in [0, 0.1) is 6.92 Å². The molecule has 1 aromatic rings. The normalized spacial score (nSPS) is 10.1. The molecule has 1 rings (SSSR count). The fourth-order valence-electron chi connectivity index (χ4n) is 0.950. The molecule has 0 aliphatic rings. The van der Waals surface area contributed by atoms with Crippen LogP contribution in [0.4, 0.5) is 0 Å². The number of hydrogen-bond donors (Lipinski definition) is 1. The van der Waals surface area contributed by atoms with Gasteiger partial charge in [-0.2, -0.15) is 0 Å². The van der Waals surface area contributed by atoms with E-state index < -0.39 is 0 Å². The molecule has 0 heterocycles. The van der Waals surface area contributed by atoms with Crippen LogP contribution >= 0.6 is 15.9 Å². The van der Waals surface area contributed by atoms with Gasteiger partial charge < -0.3 is 5.32 Å². The van der Waals surface area contributed by atoms with Crippen molar-refractivity contribution in [2.45, 2.75) is 13.5 Å². The molecule has 0 radical (unpaired) electrons. The zero-order valence-electron chi connectivity index (χ0n) is 6.82. The molecule has 0 aromatic heterocycles. The van der Waals surface area contributed by atoms with Gasteiger partial charge >= 0.3 is 0 Å². The van der Waals surface area contributed by atoms with Crippen LogP contribution in [0.1, 0.15) is 11.1 Å². The van der Waals surface area contributed by atoms with Crippen LogP contribution in [0.2, 0.25) is 0 Å². The van der Waals surface area contributed by atoms with E-state index in [0.29, 0.717) is 0 Å². The smallest absolute Gasteiger partial charge is 0.0207 e. The molecule has 0 amide bonds. The minimum absolute atomic E-state index is 0.929. The lowest BCUT2D eigenvalue weighted by atomic mass is 10.1. The first-order chi connectivity index (χ1) is 5.24. The van der Waals surface area contributed by atoms with Crippen molar-refractivity contribution in [3.05, 3.63) is 33.8 Å². The first-order valence-corrected chi connectivity index (χ1v) is 4.43. The van der Waals surface area contributed by atoms with Gasteiger partial charge in [-0.3, -0.25) is 0 Å². The van der Waals surface area contributed by atoms with E-state index in [1.165, 1.54) is 15.6 Å². The molecule has 0 fully saturated rings. The van der Waals surface area contributed by atoms with Crippen molar-refractivity contribution in [1.29, 1.82) is 0 Å². The summed E-state index contributed by atoms with van der Waals surface area (Å²) in [6, 6.07) is 6.40. The first kappa shape index (κ1) is 8.75. The molecule has 1 nitrogen and oxygen atoms in total. The maximum absolute atomic E-state index is 3.49. The zero-order chi connectivity index (χ0) is 8.27. The highest BCUT2D eigenvalue weighted by atomic mass is 79.9. The second-order valence-electron chi connectivity index (χ2n) is 2.61. The Morgan fingerprint density at radius 2 is 2.18 bits per heavy atom. The van der Waals surface area contributed by atoms with E-state index in [0.717, 1.165) is 6.54 Å². The molecule has 0 saturated heterocycles. The molecule has 60 valence electrons. The van der Waals surface area contributed by atoms with E-state index in [4.69, 9.17) is 0 Å². The zero-order valence-corrected chi connectivity index (χ0v) is 8.40. The second-order valence-corrected chi connectivity index (χ2v) is 3.47. The van der Waals surface area contributed by atoms with Crippen LogP contribution in [0.3, 0.4) is 0 Å². The van der Waals surface area contributed by atoms with Crippen molar-refractivity contribution in [3.63, 3.8) is 0 Å². The summed E-state index contributed by atoms with van der Waals surface area (Å²) in [5.74, 6) is 0. The quantitative estimate of drug-likeness (QED) is 0.797. The number of benzene rings is 1. The Balaban J connectivity index is 2.86. The Hall–Kier alpha value is -0.340. The molecule has 1 aromatic carbocycles. The molecule has 0 unspecified atom stereocenters. The molecule has 11 heavy (non-hydrogen) atoms. The lowest BCUT2D eigenvalue weighted by Gasteiger charge is -2.02. The van der Waals surface area contributed by atoms with Gasteiger partial charge in [-0.25, -0.2) is 0 Å². The van der Waals surface area contributed by atoms with Gasteiger partial charge in [-0.15, -0.1) is 0 Å². The molecular formula is C9H12BrN. The molecule has 0 spiro atoms. The summed E-state index contributed by atoms with van der Waals surface area (Å²) >= 11 is 3.49. The van der Waals surface area contributed by atoms with Crippen molar-refractivity contribution in [2.24, 2.45) is 0 Å². The van der Waals surface area contributed by atoms with Crippen LogP contribution in [0.15, 0.2) is 22.7 Å². The van der Waals surface area contributed by atoms with Crippen LogP contribution in [-0.4, -0.2) is 7.05 Å². The van der Waals surface area contributed by atoms with E-state index >= 15 is 0 Å². The van der Waals surface area contributed by atoms with Crippen LogP contribution in [-0.2, 0) is 6.54 Å². The summed E-state index contributed by atoms with van der Waals surface area (Å²) in [4.78, 5) is 0. The van der Waals surface area contributed by atoms with Gasteiger partial charge in [0.2, 0.25) is 0 Å². The third kappa shape index (κ3) is 2.31. The minimum Gasteiger partial charge on any atom is -0.316 e. The minimum atomic E-state index is 0.929. The number of halogens is 1. The van der Waals surface area contributed by atoms with E-state index in [2.05, 4.69) is 46.4 Å². The van der Waals surface area contributed by atoms with Crippen molar-refractivity contribution in [3.8, 4) is 0 Å². The van der Waals surface area contributed by atoms with Gasteiger partial charge in [0.15, 0.2) is 0 Å². The first-order valence-electron chi connectivity index (χ1n) is 3.63. The Morgan fingerprint density at radius 3 is 2.73 bits per heavy atom. The van der Waals surface area contributed by atoms with Crippen LogP contribution < -0.4 is 5.32 Å². The van der Waals surface area contributed by atoms with Crippen molar-refractivity contribution < 1.29 is 0 Å². The van der Waals surface area contributed by atoms with Crippen molar-refractivity contribution in [2.75, 3.05) is 7.05 Å². The highest BCUT2D eigenvalue weighted by molar-refractivity contribution is 9.10. The maximum atomic E-state index is 3.49. The predicted octanol–water partition coefficient (Wildman–Crippen LogP) is 2.48. The monoisotopic (exact) mass is 213 g/mol. The highest BCUT2D eigenvalue weighted by Gasteiger charge is 1.95. The maximum Gasteiger partial charge on any atom is 0.0207 e. The number of hydrogen-bond acceptors (Lipinski definition) is 1. The largest absolute Gasteiger partial charge is 0.316 e. The summed E-state index contributed by atoms with van der Waals surface area (Å²) in [6.45, 7) is 3.02. The lowest BCUT2D eigenvalue weighted by Crippen LogP contribution is -2.04.